The molecule has 3 nitrogen and oxygen atoms in total. The number of rotatable bonds is 8. The number of hydrogen-bond donors (Lipinski definition) is 0. The summed E-state index contributed by atoms with van der Waals surface area (Å²) in [7, 11) is 0. The van der Waals surface area contributed by atoms with Gasteiger partial charge >= 0.3 is 12.3 Å². The summed E-state index contributed by atoms with van der Waals surface area (Å²) in [6, 6.07) is 10.6. The topological polar surface area (TPSA) is 27.7 Å². The van der Waals surface area contributed by atoms with Crippen molar-refractivity contribution in [2.45, 2.75) is 12.3 Å². The van der Waals surface area contributed by atoms with E-state index < -0.39 is 36.0 Å². The first-order chi connectivity index (χ1) is 14.6. The molecule has 0 aliphatic heterocycles. The second-order valence-electron chi connectivity index (χ2n) is 6.41. The van der Waals surface area contributed by atoms with Crippen molar-refractivity contribution >= 4 is 10.8 Å². The van der Waals surface area contributed by atoms with E-state index in [-0.39, 0.29) is 23.1 Å². The van der Waals surface area contributed by atoms with Crippen LogP contribution in [0.25, 0.3) is 10.8 Å². The summed E-state index contributed by atoms with van der Waals surface area (Å²) in [5, 5.41) is 0.0531. The number of ether oxygens (including phenoxy) is 3. The normalized spacial score (nSPS) is 11.9. The zero-order valence-corrected chi connectivity index (χ0v) is 15.9. The van der Waals surface area contributed by atoms with Gasteiger partial charge in [-0.05, 0) is 53.9 Å². The highest BCUT2D eigenvalue weighted by molar-refractivity contribution is 5.86. The minimum atomic E-state index is -4.62. The van der Waals surface area contributed by atoms with E-state index in [1.807, 2.05) is 0 Å². The van der Waals surface area contributed by atoms with E-state index in [0.717, 1.165) is 36.4 Å². The van der Waals surface area contributed by atoms with Gasteiger partial charge in [0.2, 0.25) is 0 Å². The standard InChI is InChI=1S/C22H16F6O3/c1-2-11-29-16-6-4-15(5-7-16)22(27,28)31-17-8-9-18-14(12-17)3-10-19(20(18)23)30-13-21(24,25)26/h2-10,12H,1,11,13H2. The Kier molecular flexibility index (Phi) is 6.33. The first-order valence-corrected chi connectivity index (χ1v) is 8.92. The SMILES string of the molecule is C=CCOc1ccc(C(F)(F)Oc2ccc3c(F)c(OCC(F)(F)F)ccc3c2)cc1. The lowest BCUT2D eigenvalue weighted by molar-refractivity contribution is -0.185. The molecule has 3 aromatic carbocycles. The van der Waals surface area contributed by atoms with E-state index in [1.54, 1.807) is 0 Å². The van der Waals surface area contributed by atoms with Crippen LogP contribution in [0.4, 0.5) is 26.3 Å². The fourth-order valence-electron chi connectivity index (χ4n) is 2.69. The highest BCUT2D eigenvalue weighted by atomic mass is 19.4. The van der Waals surface area contributed by atoms with Gasteiger partial charge < -0.3 is 14.2 Å². The van der Waals surface area contributed by atoms with Crippen molar-refractivity contribution < 1.29 is 40.6 Å². The molecule has 164 valence electrons. The molecule has 0 atom stereocenters. The van der Waals surface area contributed by atoms with Crippen LogP contribution in [0.2, 0.25) is 0 Å². The molecule has 0 aliphatic rings. The highest BCUT2D eigenvalue weighted by Gasteiger charge is 2.34. The maximum atomic E-state index is 14.5. The second kappa shape index (κ2) is 8.79. The molecule has 9 heteroatoms. The highest BCUT2D eigenvalue weighted by Crippen LogP contribution is 2.35. The summed E-state index contributed by atoms with van der Waals surface area (Å²) in [6.45, 7) is 2.06. The van der Waals surface area contributed by atoms with Crippen LogP contribution in [-0.2, 0) is 6.11 Å². The summed E-state index contributed by atoms with van der Waals surface area (Å²) in [4.78, 5) is 0. The Morgan fingerprint density at radius 2 is 1.52 bits per heavy atom. The smallest absolute Gasteiger partial charge is 0.426 e. The van der Waals surface area contributed by atoms with Crippen LogP contribution in [0.3, 0.4) is 0 Å². The van der Waals surface area contributed by atoms with E-state index in [2.05, 4.69) is 11.3 Å². The van der Waals surface area contributed by atoms with Crippen LogP contribution in [0, 0.1) is 5.82 Å². The molecule has 0 fully saturated rings. The maximum absolute atomic E-state index is 14.5. The Hall–Kier alpha value is -3.36. The summed E-state index contributed by atoms with van der Waals surface area (Å²) in [5.74, 6) is -1.50. The van der Waals surface area contributed by atoms with Crippen LogP contribution in [0.15, 0.2) is 67.3 Å². The maximum Gasteiger partial charge on any atom is 0.426 e. The molecule has 0 saturated heterocycles. The van der Waals surface area contributed by atoms with Crippen molar-refractivity contribution in [1.29, 1.82) is 0 Å². The minimum absolute atomic E-state index is 0.0981. The fraction of sp³-hybridized carbons (Fsp3) is 0.182. The van der Waals surface area contributed by atoms with E-state index in [1.165, 1.54) is 24.3 Å². The lowest BCUT2D eigenvalue weighted by Gasteiger charge is -2.19. The van der Waals surface area contributed by atoms with Gasteiger partial charge in [-0.2, -0.15) is 22.0 Å². The number of hydrogen-bond acceptors (Lipinski definition) is 3. The Morgan fingerprint density at radius 1 is 0.839 bits per heavy atom. The Morgan fingerprint density at radius 3 is 2.16 bits per heavy atom. The van der Waals surface area contributed by atoms with Crippen molar-refractivity contribution in [1.82, 2.24) is 0 Å². The summed E-state index contributed by atoms with van der Waals surface area (Å²) in [6.07, 6.45) is -6.81. The predicted molar refractivity (Wildman–Crippen MR) is 102 cm³/mol. The average molecular weight is 442 g/mol. The number of fused-ring (bicyclic) bond motifs is 1. The molecule has 0 N–H and O–H groups in total. The summed E-state index contributed by atoms with van der Waals surface area (Å²) >= 11 is 0. The first-order valence-electron chi connectivity index (χ1n) is 8.92. The summed E-state index contributed by atoms with van der Waals surface area (Å²) in [5.41, 5.74) is -0.430. The van der Waals surface area contributed by atoms with E-state index >= 15 is 0 Å². The van der Waals surface area contributed by atoms with Gasteiger partial charge in [-0.25, -0.2) is 4.39 Å². The van der Waals surface area contributed by atoms with Crippen LogP contribution < -0.4 is 14.2 Å². The van der Waals surface area contributed by atoms with Gasteiger partial charge in [0.25, 0.3) is 0 Å². The van der Waals surface area contributed by atoms with Gasteiger partial charge in [-0.15, -0.1) is 0 Å². The monoisotopic (exact) mass is 442 g/mol. The van der Waals surface area contributed by atoms with E-state index in [9.17, 15) is 26.3 Å². The molecule has 31 heavy (non-hydrogen) atoms. The molecule has 3 aromatic rings. The van der Waals surface area contributed by atoms with Crippen LogP contribution in [0.5, 0.6) is 17.2 Å². The van der Waals surface area contributed by atoms with Crippen LogP contribution >= 0.6 is 0 Å². The Balaban J connectivity index is 1.78. The third kappa shape index (κ3) is 5.62. The fourth-order valence-corrected chi connectivity index (χ4v) is 2.69. The van der Waals surface area contributed by atoms with Gasteiger partial charge in [0.1, 0.15) is 18.1 Å². The first kappa shape index (κ1) is 22.3. The van der Waals surface area contributed by atoms with Gasteiger partial charge in [0, 0.05) is 5.39 Å². The molecule has 0 bridgehead atoms. The molecule has 0 aliphatic carbocycles. The third-order valence-electron chi connectivity index (χ3n) is 4.09. The van der Waals surface area contributed by atoms with Gasteiger partial charge in [-0.3, -0.25) is 0 Å². The van der Waals surface area contributed by atoms with Crippen molar-refractivity contribution in [3.63, 3.8) is 0 Å². The molecule has 0 unspecified atom stereocenters. The second-order valence-corrected chi connectivity index (χ2v) is 6.41. The lowest BCUT2D eigenvalue weighted by atomic mass is 10.1. The molecule has 0 aromatic heterocycles. The summed E-state index contributed by atoms with van der Waals surface area (Å²) < 4.78 is 94.7. The Labute approximate surface area is 173 Å². The number of alkyl halides is 5. The van der Waals surface area contributed by atoms with E-state index in [4.69, 9.17) is 9.47 Å². The van der Waals surface area contributed by atoms with Gasteiger partial charge in [0.05, 0.1) is 5.56 Å². The van der Waals surface area contributed by atoms with Crippen LogP contribution in [0.1, 0.15) is 5.56 Å². The van der Waals surface area contributed by atoms with Crippen molar-refractivity contribution in [3.05, 3.63) is 78.6 Å². The Bertz CT molecular complexity index is 1060. The predicted octanol–water partition coefficient (Wildman–Crippen LogP) is 6.61. The molecular formula is C22H16F6O3. The van der Waals surface area contributed by atoms with Crippen molar-refractivity contribution in [3.8, 4) is 17.2 Å². The molecule has 0 spiro atoms. The quantitative estimate of drug-likeness (QED) is 0.290. The lowest BCUT2D eigenvalue weighted by Crippen LogP contribution is -2.21. The van der Waals surface area contributed by atoms with Crippen molar-refractivity contribution in [2.24, 2.45) is 0 Å². The molecule has 3 rings (SSSR count). The zero-order chi connectivity index (χ0) is 22.6. The van der Waals surface area contributed by atoms with Gasteiger partial charge in [-0.1, -0.05) is 18.7 Å². The largest absolute Gasteiger partial charge is 0.490 e. The molecule has 0 amide bonds. The van der Waals surface area contributed by atoms with Gasteiger partial charge in [0.15, 0.2) is 18.2 Å². The molecule has 0 saturated carbocycles. The molecule has 0 heterocycles. The number of halogens is 6. The van der Waals surface area contributed by atoms with Crippen LogP contribution in [-0.4, -0.2) is 19.4 Å². The van der Waals surface area contributed by atoms with E-state index in [0.29, 0.717) is 5.75 Å². The molecular weight excluding hydrogens is 426 g/mol. The average Bonchev–Trinajstić information content (AvgIpc) is 2.71. The zero-order valence-electron chi connectivity index (χ0n) is 15.9. The third-order valence-corrected chi connectivity index (χ3v) is 4.09. The minimum Gasteiger partial charge on any atom is -0.490 e. The molecule has 0 radical (unpaired) electrons. The number of benzene rings is 3. The van der Waals surface area contributed by atoms with Crippen molar-refractivity contribution in [2.75, 3.05) is 13.2 Å².